The number of hydrogen-bond donors (Lipinski definition) is 1. The number of carbonyl (C=O) groups excluding carboxylic acids is 1. The van der Waals surface area contributed by atoms with Crippen LogP contribution in [0.4, 0.5) is 5.69 Å². The van der Waals surface area contributed by atoms with Gasteiger partial charge >= 0.3 is 0 Å². The van der Waals surface area contributed by atoms with Gasteiger partial charge in [-0.25, -0.2) is 0 Å². The lowest BCUT2D eigenvalue weighted by Gasteiger charge is -2.09. The number of aryl methyl sites for hydroxylation is 1. The van der Waals surface area contributed by atoms with Crippen LogP contribution in [0.2, 0.25) is 0 Å². The molecular weight excluding hydrogens is 314 g/mol. The average Bonchev–Trinajstić information content (AvgIpc) is 2.42. The highest BCUT2D eigenvalue weighted by Gasteiger charge is 2.09. The van der Waals surface area contributed by atoms with Crippen molar-refractivity contribution in [2.24, 2.45) is 0 Å². The predicted molar refractivity (Wildman–Crippen MR) is 87.4 cm³/mol. The van der Waals surface area contributed by atoms with Crippen molar-refractivity contribution in [2.75, 3.05) is 5.32 Å². The van der Waals surface area contributed by atoms with Crippen molar-refractivity contribution in [3.63, 3.8) is 0 Å². The van der Waals surface area contributed by atoms with E-state index in [1.54, 1.807) is 0 Å². The third-order valence-electron chi connectivity index (χ3n) is 3.21. The Labute approximate surface area is 128 Å². The molecule has 2 aromatic carbocycles. The van der Waals surface area contributed by atoms with Crippen LogP contribution in [0.5, 0.6) is 0 Å². The summed E-state index contributed by atoms with van der Waals surface area (Å²) in [6, 6.07) is 13.6. The lowest BCUT2D eigenvalue weighted by atomic mass is 10.0. The molecule has 2 rings (SSSR count). The van der Waals surface area contributed by atoms with Gasteiger partial charge in [-0.1, -0.05) is 32.0 Å². The fourth-order valence-electron chi connectivity index (χ4n) is 1.94. The second kappa shape index (κ2) is 6.23. The second-order valence-electron chi connectivity index (χ2n) is 5.21. The molecule has 0 spiro atoms. The molecule has 20 heavy (non-hydrogen) atoms. The molecule has 1 N–H and O–H groups in total. The van der Waals surface area contributed by atoms with Crippen molar-refractivity contribution in [3.05, 3.63) is 63.6 Å². The van der Waals surface area contributed by atoms with E-state index in [1.165, 1.54) is 5.56 Å². The molecule has 0 aliphatic carbocycles. The monoisotopic (exact) mass is 331 g/mol. The topological polar surface area (TPSA) is 29.1 Å². The zero-order valence-electron chi connectivity index (χ0n) is 11.9. The molecule has 0 bridgehead atoms. The predicted octanol–water partition coefficient (Wildman–Crippen LogP) is 5.13. The first-order chi connectivity index (χ1) is 9.47. The van der Waals surface area contributed by atoms with Crippen molar-refractivity contribution in [2.45, 2.75) is 26.7 Å². The quantitative estimate of drug-likeness (QED) is 0.829. The molecule has 0 radical (unpaired) electrons. The van der Waals surface area contributed by atoms with E-state index in [0.717, 1.165) is 15.7 Å². The molecule has 0 atom stereocenters. The fraction of sp³-hybridized carbons (Fsp3) is 0.235. The van der Waals surface area contributed by atoms with Crippen LogP contribution in [0.3, 0.4) is 0 Å². The van der Waals surface area contributed by atoms with E-state index in [9.17, 15) is 4.79 Å². The standard InChI is InChI=1S/C17H18BrNO/c1-11(2)13-5-7-14(8-6-13)17(20)19-16-9-4-12(3)10-15(16)18/h4-11H,1-3H3,(H,19,20). The van der Waals surface area contributed by atoms with E-state index < -0.39 is 0 Å². The summed E-state index contributed by atoms with van der Waals surface area (Å²) in [7, 11) is 0. The number of benzene rings is 2. The molecule has 3 heteroatoms. The maximum atomic E-state index is 12.2. The number of halogens is 1. The summed E-state index contributed by atoms with van der Waals surface area (Å²) in [5.41, 5.74) is 3.84. The van der Waals surface area contributed by atoms with Crippen LogP contribution < -0.4 is 5.32 Å². The Balaban J connectivity index is 2.15. The number of carbonyl (C=O) groups is 1. The van der Waals surface area contributed by atoms with Gasteiger partial charge in [0.15, 0.2) is 0 Å². The van der Waals surface area contributed by atoms with Gasteiger partial charge in [-0.3, -0.25) is 4.79 Å². The van der Waals surface area contributed by atoms with E-state index >= 15 is 0 Å². The molecule has 104 valence electrons. The number of rotatable bonds is 3. The van der Waals surface area contributed by atoms with Crippen molar-refractivity contribution >= 4 is 27.5 Å². The van der Waals surface area contributed by atoms with Gasteiger partial charge in [0.1, 0.15) is 0 Å². The fourth-order valence-corrected chi connectivity index (χ4v) is 2.53. The summed E-state index contributed by atoms with van der Waals surface area (Å²) in [5.74, 6) is 0.378. The van der Waals surface area contributed by atoms with Crippen LogP contribution in [-0.2, 0) is 0 Å². The van der Waals surface area contributed by atoms with E-state index in [0.29, 0.717) is 11.5 Å². The Kier molecular flexibility index (Phi) is 4.61. The third-order valence-corrected chi connectivity index (χ3v) is 3.87. The van der Waals surface area contributed by atoms with E-state index in [-0.39, 0.29) is 5.91 Å². The molecule has 0 aliphatic heterocycles. The van der Waals surface area contributed by atoms with Crippen LogP contribution in [0.25, 0.3) is 0 Å². The molecule has 2 aromatic rings. The maximum absolute atomic E-state index is 12.2. The van der Waals surface area contributed by atoms with Crippen LogP contribution in [-0.4, -0.2) is 5.91 Å². The summed E-state index contributed by atoms with van der Waals surface area (Å²) in [4.78, 5) is 12.2. The smallest absolute Gasteiger partial charge is 0.255 e. The van der Waals surface area contributed by atoms with Gasteiger partial charge in [-0.15, -0.1) is 0 Å². The molecule has 0 aromatic heterocycles. The third kappa shape index (κ3) is 3.48. The van der Waals surface area contributed by atoms with Gasteiger partial charge < -0.3 is 5.32 Å². The molecule has 0 heterocycles. The SMILES string of the molecule is Cc1ccc(NC(=O)c2ccc(C(C)C)cc2)c(Br)c1. The van der Waals surface area contributed by atoms with Gasteiger partial charge in [0.05, 0.1) is 5.69 Å². The summed E-state index contributed by atoms with van der Waals surface area (Å²) >= 11 is 3.46. The second-order valence-corrected chi connectivity index (χ2v) is 6.07. The minimum atomic E-state index is -0.0927. The van der Waals surface area contributed by atoms with E-state index in [4.69, 9.17) is 0 Å². The number of anilines is 1. The summed E-state index contributed by atoms with van der Waals surface area (Å²) in [5, 5.41) is 2.92. The minimum absolute atomic E-state index is 0.0927. The molecule has 2 nitrogen and oxygen atoms in total. The van der Waals surface area contributed by atoms with Crippen molar-refractivity contribution in [1.29, 1.82) is 0 Å². The normalized spacial score (nSPS) is 10.7. The largest absolute Gasteiger partial charge is 0.321 e. The van der Waals surface area contributed by atoms with E-state index in [2.05, 4.69) is 35.1 Å². The highest BCUT2D eigenvalue weighted by atomic mass is 79.9. The maximum Gasteiger partial charge on any atom is 0.255 e. The van der Waals surface area contributed by atoms with Crippen LogP contribution in [0.1, 0.15) is 41.3 Å². The first-order valence-corrected chi connectivity index (χ1v) is 7.44. The van der Waals surface area contributed by atoms with Gasteiger partial charge in [0, 0.05) is 10.0 Å². The van der Waals surface area contributed by atoms with Crippen LogP contribution in [0, 0.1) is 6.92 Å². The molecular formula is C17H18BrNO. The Hall–Kier alpha value is -1.61. The van der Waals surface area contributed by atoms with Crippen LogP contribution in [0.15, 0.2) is 46.9 Å². The highest BCUT2D eigenvalue weighted by Crippen LogP contribution is 2.24. The van der Waals surface area contributed by atoms with Crippen molar-refractivity contribution in [1.82, 2.24) is 0 Å². The van der Waals surface area contributed by atoms with E-state index in [1.807, 2.05) is 49.4 Å². The highest BCUT2D eigenvalue weighted by molar-refractivity contribution is 9.10. The minimum Gasteiger partial charge on any atom is -0.321 e. The van der Waals surface area contributed by atoms with Crippen molar-refractivity contribution < 1.29 is 4.79 Å². The van der Waals surface area contributed by atoms with Gasteiger partial charge in [0.2, 0.25) is 0 Å². The molecule has 0 saturated carbocycles. The lowest BCUT2D eigenvalue weighted by molar-refractivity contribution is 0.102. The average molecular weight is 332 g/mol. The summed E-state index contributed by atoms with van der Waals surface area (Å²) < 4.78 is 0.893. The van der Waals surface area contributed by atoms with Gasteiger partial charge in [-0.2, -0.15) is 0 Å². The first-order valence-electron chi connectivity index (χ1n) is 6.65. The lowest BCUT2D eigenvalue weighted by Crippen LogP contribution is -2.12. The van der Waals surface area contributed by atoms with Gasteiger partial charge in [0.25, 0.3) is 5.91 Å². The van der Waals surface area contributed by atoms with Crippen LogP contribution >= 0.6 is 15.9 Å². The molecule has 1 amide bonds. The number of nitrogens with one attached hydrogen (secondary N) is 1. The Bertz CT molecular complexity index is 617. The first kappa shape index (κ1) is 14.8. The zero-order valence-corrected chi connectivity index (χ0v) is 13.5. The Morgan fingerprint density at radius 3 is 2.30 bits per heavy atom. The molecule has 0 saturated heterocycles. The Morgan fingerprint density at radius 1 is 1.10 bits per heavy atom. The molecule has 0 fully saturated rings. The summed E-state index contributed by atoms with van der Waals surface area (Å²) in [6.07, 6.45) is 0. The summed E-state index contributed by atoms with van der Waals surface area (Å²) in [6.45, 7) is 6.29. The molecule has 0 unspecified atom stereocenters. The van der Waals surface area contributed by atoms with Crippen molar-refractivity contribution in [3.8, 4) is 0 Å². The number of hydrogen-bond acceptors (Lipinski definition) is 1. The van der Waals surface area contributed by atoms with Gasteiger partial charge in [-0.05, 0) is 64.2 Å². The molecule has 0 aliphatic rings. The number of amides is 1. The zero-order chi connectivity index (χ0) is 14.7. The Morgan fingerprint density at radius 2 is 1.75 bits per heavy atom.